The molecule has 0 aliphatic carbocycles. The van der Waals surface area contributed by atoms with E-state index < -0.39 is 0 Å². The number of hydrogen-bond donors (Lipinski definition) is 0. The SMILES string of the molecule is Cc1nc(-c2ccc(CC(C)C)cc2)c(C=O)s1. The number of aldehydes is 1. The molecule has 0 radical (unpaired) electrons. The summed E-state index contributed by atoms with van der Waals surface area (Å²) in [6.45, 7) is 6.35. The van der Waals surface area contributed by atoms with E-state index >= 15 is 0 Å². The summed E-state index contributed by atoms with van der Waals surface area (Å²) in [5.41, 5.74) is 3.16. The Labute approximate surface area is 112 Å². The topological polar surface area (TPSA) is 30.0 Å². The van der Waals surface area contributed by atoms with E-state index in [0.717, 1.165) is 29.0 Å². The first kappa shape index (κ1) is 13.0. The largest absolute Gasteiger partial charge is 0.297 e. The first-order chi connectivity index (χ1) is 8.60. The highest BCUT2D eigenvalue weighted by molar-refractivity contribution is 7.13. The van der Waals surface area contributed by atoms with Gasteiger partial charge in [0.2, 0.25) is 0 Å². The van der Waals surface area contributed by atoms with E-state index in [9.17, 15) is 4.79 Å². The highest BCUT2D eigenvalue weighted by atomic mass is 32.1. The van der Waals surface area contributed by atoms with Crippen LogP contribution in [0.15, 0.2) is 24.3 Å². The smallest absolute Gasteiger partial charge is 0.162 e. The maximum atomic E-state index is 11.0. The van der Waals surface area contributed by atoms with E-state index in [4.69, 9.17) is 0 Å². The summed E-state index contributed by atoms with van der Waals surface area (Å²) < 4.78 is 0. The molecule has 0 saturated heterocycles. The highest BCUT2D eigenvalue weighted by Gasteiger charge is 2.10. The van der Waals surface area contributed by atoms with Crippen molar-refractivity contribution in [3.05, 3.63) is 39.7 Å². The molecule has 2 rings (SSSR count). The molecule has 0 fully saturated rings. The Bertz CT molecular complexity index is 540. The Kier molecular flexibility index (Phi) is 3.92. The highest BCUT2D eigenvalue weighted by Crippen LogP contribution is 2.27. The molecule has 1 heterocycles. The number of aromatic nitrogens is 1. The maximum Gasteiger partial charge on any atom is 0.162 e. The molecule has 0 unspecified atom stereocenters. The zero-order valence-corrected chi connectivity index (χ0v) is 11.8. The molecule has 0 saturated carbocycles. The van der Waals surface area contributed by atoms with Gasteiger partial charge >= 0.3 is 0 Å². The fraction of sp³-hybridized carbons (Fsp3) is 0.333. The summed E-state index contributed by atoms with van der Waals surface area (Å²) in [7, 11) is 0. The average Bonchev–Trinajstić information content (AvgIpc) is 2.71. The van der Waals surface area contributed by atoms with Crippen LogP contribution in [0.2, 0.25) is 0 Å². The quantitative estimate of drug-likeness (QED) is 0.773. The van der Waals surface area contributed by atoms with Crippen LogP contribution >= 0.6 is 11.3 Å². The van der Waals surface area contributed by atoms with Crippen LogP contribution in [0.3, 0.4) is 0 Å². The fourth-order valence-electron chi connectivity index (χ4n) is 2.00. The zero-order chi connectivity index (χ0) is 13.1. The molecule has 0 aliphatic rings. The Balaban J connectivity index is 2.31. The van der Waals surface area contributed by atoms with Gasteiger partial charge in [-0.05, 0) is 24.8 Å². The molecule has 1 aromatic carbocycles. The fourth-order valence-corrected chi connectivity index (χ4v) is 2.76. The Morgan fingerprint density at radius 2 is 1.94 bits per heavy atom. The van der Waals surface area contributed by atoms with Crippen molar-refractivity contribution < 1.29 is 4.79 Å². The van der Waals surface area contributed by atoms with Gasteiger partial charge in [0.25, 0.3) is 0 Å². The lowest BCUT2D eigenvalue weighted by molar-refractivity contribution is 0.112. The van der Waals surface area contributed by atoms with Crippen LogP contribution in [0.4, 0.5) is 0 Å². The minimum absolute atomic E-state index is 0.655. The molecule has 0 atom stereocenters. The van der Waals surface area contributed by atoms with Crippen LogP contribution in [0.25, 0.3) is 11.3 Å². The van der Waals surface area contributed by atoms with Gasteiger partial charge in [0.1, 0.15) is 0 Å². The molecule has 0 aliphatic heterocycles. The number of aryl methyl sites for hydroxylation is 1. The average molecular weight is 259 g/mol. The van der Waals surface area contributed by atoms with Crippen molar-refractivity contribution in [2.45, 2.75) is 27.2 Å². The monoisotopic (exact) mass is 259 g/mol. The van der Waals surface area contributed by atoms with Crippen molar-refractivity contribution in [1.29, 1.82) is 0 Å². The normalized spacial score (nSPS) is 10.9. The van der Waals surface area contributed by atoms with Crippen LogP contribution < -0.4 is 0 Å². The van der Waals surface area contributed by atoms with E-state index in [-0.39, 0.29) is 0 Å². The van der Waals surface area contributed by atoms with Crippen LogP contribution in [0.1, 0.15) is 34.1 Å². The van der Waals surface area contributed by atoms with Gasteiger partial charge < -0.3 is 0 Å². The van der Waals surface area contributed by atoms with E-state index in [0.29, 0.717) is 10.8 Å². The van der Waals surface area contributed by atoms with Crippen LogP contribution in [0.5, 0.6) is 0 Å². The van der Waals surface area contributed by atoms with Crippen molar-refractivity contribution in [2.24, 2.45) is 5.92 Å². The summed E-state index contributed by atoms with van der Waals surface area (Å²) in [6, 6.07) is 8.36. The molecule has 0 spiro atoms. The van der Waals surface area contributed by atoms with E-state index in [2.05, 4.69) is 43.1 Å². The van der Waals surface area contributed by atoms with E-state index in [1.165, 1.54) is 16.9 Å². The van der Waals surface area contributed by atoms with Crippen molar-refractivity contribution in [3.63, 3.8) is 0 Å². The predicted molar refractivity (Wildman–Crippen MR) is 76.2 cm³/mol. The number of benzene rings is 1. The molecule has 18 heavy (non-hydrogen) atoms. The molecular formula is C15H17NOS. The Morgan fingerprint density at radius 1 is 1.28 bits per heavy atom. The summed E-state index contributed by atoms with van der Waals surface area (Å²) in [5.74, 6) is 0.655. The molecule has 3 heteroatoms. The number of carbonyl (C=O) groups is 1. The van der Waals surface area contributed by atoms with Gasteiger partial charge in [-0.25, -0.2) is 4.98 Å². The van der Waals surface area contributed by atoms with Gasteiger partial charge in [-0.3, -0.25) is 4.79 Å². The van der Waals surface area contributed by atoms with Gasteiger partial charge in [-0.2, -0.15) is 0 Å². The third kappa shape index (κ3) is 2.85. The Morgan fingerprint density at radius 3 is 2.50 bits per heavy atom. The van der Waals surface area contributed by atoms with Gasteiger partial charge in [-0.15, -0.1) is 11.3 Å². The molecule has 2 aromatic rings. The lowest BCUT2D eigenvalue weighted by atomic mass is 10.0. The van der Waals surface area contributed by atoms with E-state index in [1.54, 1.807) is 0 Å². The maximum absolute atomic E-state index is 11.0. The molecule has 0 N–H and O–H groups in total. The first-order valence-corrected chi connectivity index (χ1v) is 6.93. The van der Waals surface area contributed by atoms with Crippen molar-refractivity contribution in [1.82, 2.24) is 4.98 Å². The third-order valence-corrected chi connectivity index (χ3v) is 3.63. The van der Waals surface area contributed by atoms with Crippen LogP contribution in [-0.4, -0.2) is 11.3 Å². The minimum Gasteiger partial charge on any atom is -0.297 e. The number of thiazole rings is 1. The first-order valence-electron chi connectivity index (χ1n) is 6.12. The second kappa shape index (κ2) is 5.44. The van der Waals surface area contributed by atoms with Crippen molar-refractivity contribution in [3.8, 4) is 11.3 Å². The third-order valence-electron chi connectivity index (χ3n) is 2.74. The number of hydrogen-bond acceptors (Lipinski definition) is 3. The predicted octanol–water partition coefficient (Wildman–Crippen LogP) is 4.13. The van der Waals surface area contributed by atoms with E-state index in [1.807, 2.05) is 6.92 Å². The van der Waals surface area contributed by atoms with Gasteiger partial charge in [0.15, 0.2) is 6.29 Å². The van der Waals surface area contributed by atoms with Gasteiger partial charge in [0, 0.05) is 5.56 Å². The summed E-state index contributed by atoms with van der Waals surface area (Å²) in [5, 5.41) is 0.929. The second-order valence-electron chi connectivity index (χ2n) is 4.86. The summed E-state index contributed by atoms with van der Waals surface area (Å²) in [6.07, 6.45) is 1.97. The zero-order valence-electron chi connectivity index (χ0n) is 10.9. The van der Waals surface area contributed by atoms with Crippen molar-refractivity contribution in [2.75, 3.05) is 0 Å². The summed E-state index contributed by atoms with van der Waals surface area (Å²) >= 11 is 1.44. The van der Waals surface area contributed by atoms with Crippen LogP contribution in [-0.2, 0) is 6.42 Å². The lowest BCUT2D eigenvalue weighted by Gasteiger charge is -2.05. The van der Waals surface area contributed by atoms with Gasteiger partial charge in [0.05, 0.1) is 15.6 Å². The molecule has 0 bridgehead atoms. The number of rotatable bonds is 4. The molecule has 0 amide bonds. The minimum atomic E-state index is 0.655. The molecular weight excluding hydrogens is 242 g/mol. The van der Waals surface area contributed by atoms with Gasteiger partial charge in [-0.1, -0.05) is 38.1 Å². The number of nitrogens with zero attached hydrogens (tertiary/aromatic N) is 1. The Hall–Kier alpha value is -1.48. The van der Waals surface area contributed by atoms with Crippen LogP contribution in [0, 0.1) is 12.8 Å². The second-order valence-corrected chi connectivity index (χ2v) is 6.09. The summed E-state index contributed by atoms with van der Waals surface area (Å²) in [4.78, 5) is 16.1. The standard InChI is InChI=1S/C15H17NOS/c1-10(2)8-12-4-6-13(7-5-12)15-14(9-17)18-11(3)16-15/h4-7,9-10H,8H2,1-3H3. The van der Waals surface area contributed by atoms with Crippen molar-refractivity contribution >= 4 is 17.6 Å². The molecule has 1 aromatic heterocycles. The number of carbonyl (C=O) groups excluding carboxylic acids is 1. The lowest BCUT2D eigenvalue weighted by Crippen LogP contribution is -1.93. The molecule has 94 valence electrons. The molecule has 2 nitrogen and oxygen atoms in total.